The number of benzene rings is 2. The maximum atomic E-state index is 13.1. The average Bonchev–Trinajstić information content (AvgIpc) is 2.71. The third-order valence-electron chi connectivity index (χ3n) is 5.65. The molecule has 1 fully saturated rings. The van der Waals surface area contributed by atoms with E-state index in [1.165, 1.54) is 28.2 Å². The molecule has 0 spiro atoms. The Morgan fingerprint density at radius 3 is 2.12 bits per heavy atom. The predicted octanol–water partition coefficient (Wildman–Crippen LogP) is 5.19. The summed E-state index contributed by atoms with van der Waals surface area (Å²) in [5, 5.41) is 2.82. The zero-order valence-electron chi connectivity index (χ0n) is 19.4. The maximum Gasteiger partial charge on any atom is 0.410 e. The van der Waals surface area contributed by atoms with Gasteiger partial charge in [-0.2, -0.15) is 0 Å². The Kier molecular flexibility index (Phi) is 7.54. The number of carbonyl (C=O) groups excluding carboxylic acids is 2. The number of ether oxygens (including phenoxy) is 1. The molecule has 6 heteroatoms. The SMILES string of the molecule is CCNC(=O)C1CC(Cc2ccc(F)cc2)CCN1C(=O)OC(C)(C)C.c1cc2ccc1-2. The van der Waals surface area contributed by atoms with Gasteiger partial charge in [-0.25, -0.2) is 9.18 Å². The van der Waals surface area contributed by atoms with Crippen molar-refractivity contribution in [3.63, 3.8) is 0 Å². The molecule has 0 saturated carbocycles. The highest BCUT2D eigenvalue weighted by atomic mass is 19.1. The summed E-state index contributed by atoms with van der Waals surface area (Å²) in [4.78, 5) is 26.6. The summed E-state index contributed by atoms with van der Waals surface area (Å²) in [7, 11) is 0. The Balaban J connectivity index is 0.000000405. The van der Waals surface area contributed by atoms with Crippen LogP contribution in [0.1, 0.15) is 46.1 Å². The van der Waals surface area contributed by atoms with Crippen LogP contribution in [0.2, 0.25) is 0 Å². The Bertz CT molecular complexity index is 899. The lowest BCUT2D eigenvalue weighted by Gasteiger charge is -2.39. The Morgan fingerprint density at radius 2 is 1.66 bits per heavy atom. The van der Waals surface area contributed by atoms with Crippen molar-refractivity contribution >= 4 is 12.0 Å². The van der Waals surface area contributed by atoms with Crippen LogP contribution in [0.5, 0.6) is 0 Å². The number of likely N-dealkylation sites (N-methyl/N-ethyl adjacent to an activating group) is 1. The number of nitrogens with one attached hydrogen (secondary N) is 1. The molecule has 4 rings (SSSR count). The van der Waals surface area contributed by atoms with Crippen LogP contribution in [0.15, 0.2) is 48.5 Å². The number of likely N-dealkylation sites (tertiary alicyclic amines) is 1. The van der Waals surface area contributed by atoms with Gasteiger partial charge in [-0.05, 0) is 81.7 Å². The van der Waals surface area contributed by atoms with Gasteiger partial charge in [0.1, 0.15) is 17.5 Å². The molecule has 2 atom stereocenters. The number of fused-ring (bicyclic) bond motifs is 1. The second-order valence-corrected chi connectivity index (χ2v) is 9.38. The van der Waals surface area contributed by atoms with E-state index in [-0.39, 0.29) is 17.6 Å². The van der Waals surface area contributed by atoms with E-state index in [9.17, 15) is 14.0 Å². The standard InChI is InChI=1S/C20H29FN2O3.C6H4/c1-5-22-18(24)17-13-15(12-14-6-8-16(21)9-7-14)10-11-23(17)19(25)26-20(2,3)4;1-2-6-4-3-5(1)6/h6-9,15,17H,5,10-13H2,1-4H3,(H,22,24);1-4H. The van der Waals surface area contributed by atoms with Crippen molar-refractivity contribution in [3.8, 4) is 11.1 Å². The molecule has 0 bridgehead atoms. The fourth-order valence-electron chi connectivity index (χ4n) is 3.92. The van der Waals surface area contributed by atoms with Gasteiger partial charge in [-0.3, -0.25) is 9.69 Å². The fraction of sp³-hybridized carbons (Fsp3) is 0.462. The van der Waals surface area contributed by atoms with E-state index in [1.807, 2.05) is 27.7 Å². The lowest BCUT2D eigenvalue weighted by molar-refractivity contribution is -0.128. The van der Waals surface area contributed by atoms with Crippen molar-refractivity contribution in [3.05, 3.63) is 59.9 Å². The predicted molar refractivity (Wildman–Crippen MR) is 124 cm³/mol. The third-order valence-corrected chi connectivity index (χ3v) is 5.65. The molecule has 2 amide bonds. The first-order chi connectivity index (χ1) is 15.2. The summed E-state index contributed by atoms with van der Waals surface area (Å²) in [6.07, 6.45) is 1.67. The number of carbonyl (C=O) groups is 2. The first kappa shape index (κ1) is 23.8. The smallest absolute Gasteiger partial charge is 0.410 e. The van der Waals surface area contributed by atoms with E-state index < -0.39 is 17.7 Å². The normalized spacial score (nSPS) is 18.8. The third kappa shape index (κ3) is 6.31. The first-order valence-corrected chi connectivity index (χ1v) is 11.3. The van der Waals surface area contributed by atoms with Gasteiger partial charge in [0, 0.05) is 13.1 Å². The Hall–Kier alpha value is -2.89. The highest BCUT2D eigenvalue weighted by Crippen LogP contribution is 2.29. The van der Waals surface area contributed by atoms with Gasteiger partial charge in [0.2, 0.25) is 5.91 Å². The van der Waals surface area contributed by atoms with Crippen molar-refractivity contribution in [2.45, 2.75) is 58.6 Å². The molecule has 5 nitrogen and oxygen atoms in total. The van der Waals surface area contributed by atoms with Crippen LogP contribution >= 0.6 is 0 Å². The van der Waals surface area contributed by atoms with Crippen LogP contribution in [-0.4, -0.2) is 41.6 Å². The molecule has 3 aliphatic rings. The van der Waals surface area contributed by atoms with Gasteiger partial charge in [0.05, 0.1) is 0 Å². The van der Waals surface area contributed by atoms with E-state index >= 15 is 0 Å². The molecule has 2 aliphatic carbocycles. The molecule has 1 aromatic rings. The molecule has 0 radical (unpaired) electrons. The van der Waals surface area contributed by atoms with E-state index in [0.29, 0.717) is 19.5 Å². The van der Waals surface area contributed by atoms with Gasteiger partial charge >= 0.3 is 6.09 Å². The summed E-state index contributed by atoms with van der Waals surface area (Å²) in [5.41, 5.74) is 3.29. The molecule has 1 saturated heterocycles. The summed E-state index contributed by atoms with van der Waals surface area (Å²) in [6, 6.07) is 14.4. The summed E-state index contributed by atoms with van der Waals surface area (Å²) in [5.74, 6) is -0.150. The highest BCUT2D eigenvalue weighted by molar-refractivity contribution is 5.86. The van der Waals surface area contributed by atoms with Crippen molar-refractivity contribution in [1.82, 2.24) is 10.2 Å². The minimum absolute atomic E-state index is 0.151. The number of amides is 2. The van der Waals surface area contributed by atoms with Crippen LogP contribution in [0, 0.1) is 11.7 Å². The minimum atomic E-state index is -0.603. The zero-order chi connectivity index (χ0) is 23.3. The van der Waals surface area contributed by atoms with Crippen LogP contribution in [0.25, 0.3) is 11.1 Å². The molecule has 2 unspecified atom stereocenters. The van der Waals surface area contributed by atoms with E-state index in [1.54, 1.807) is 12.1 Å². The van der Waals surface area contributed by atoms with E-state index in [2.05, 4.69) is 29.6 Å². The first-order valence-electron chi connectivity index (χ1n) is 11.3. The van der Waals surface area contributed by atoms with Crippen molar-refractivity contribution < 1.29 is 18.7 Å². The van der Waals surface area contributed by atoms with E-state index in [0.717, 1.165) is 18.4 Å². The molecular weight excluding hydrogens is 407 g/mol. The monoisotopic (exact) mass is 440 g/mol. The molecule has 32 heavy (non-hydrogen) atoms. The molecular formula is C26H33FN2O3. The quantitative estimate of drug-likeness (QED) is 0.608. The van der Waals surface area contributed by atoms with Crippen LogP contribution in [0.3, 0.4) is 0 Å². The molecule has 1 N–H and O–H groups in total. The Morgan fingerprint density at radius 1 is 1.06 bits per heavy atom. The lowest BCUT2D eigenvalue weighted by Crippen LogP contribution is -2.54. The molecule has 172 valence electrons. The van der Waals surface area contributed by atoms with E-state index in [4.69, 9.17) is 4.74 Å². The number of nitrogens with zero attached hydrogens (tertiary/aromatic N) is 1. The summed E-state index contributed by atoms with van der Waals surface area (Å²) >= 11 is 0. The number of halogens is 1. The van der Waals surface area contributed by atoms with Gasteiger partial charge in [0.15, 0.2) is 0 Å². The molecule has 0 aromatic heterocycles. The van der Waals surface area contributed by atoms with Gasteiger partial charge in [-0.1, -0.05) is 36.4 Å². The van der Waals surface area contributed by atoms with Crippen molar-refractivity contribution in [2.24, 2.45) is 5.92 Å². The summed E-state index contributed by atoms with van der Waals surface area (Å²) < 4.78 is 18.6. The number of hydrogen-bond acceptors (Lipinski definition) is 3. The minimum Gasteiger partial charge on any atom is -0.444 e. The average molecular weight is 441 g/mol. The van der Waals surface area contributed by atoms with Crippen molar-refractivity contribution in [2.75, 3.05) is 13.1 Å². The zero-order valence-corrected chi connectivity index (χ0v) is 19.4. The molecule has 1 aliphatic heterocycles. The number of rotatable bonds is 4. The Labute approximate surface area is 190 Å². The summed E-state index contributed by atoms with van der Waals surface area (Å²) in [6.45, 7) is 8.28. The largest absolute Gasteiger partial charge is 0.444 e. The highest BCUT2D eigenvalue weighted by Gasteiger charge is 2.38. The van der Waals surface area contributed by atoms with Crippen LogP contribution in [0.4, 0.5) is 9.18 Å². The molecule has 1 heterocycles. The van der Waals surface area contributed by atoms with Crippen LogP contribution < -0.4 is 5.32 Å². The van der Waals surface area contributed by atoms with Gasteiger partial charge < -0.3 is 10.1 Å². The fourth-order valence-corrected chi connectivity index (χ4v) is 3.92. The number of hydrogen-bond donors (Lipinski definition) is 1. The van der Waals surface area contributed by atoms with Gasteiger partial charge in [0.25, 0.3) is 0 Å². The van der Waals surface area contributed by atoms with Crippen LogP contribution in [-0.2, 0) is 16.0 Å². The molecule has 1 aromatic carbocycles. The second kappa shape index (κ2) is 10.2. The van der Waals surface area contributed by atoms with Crippen molar-refractivity contribution in [1.29, 1.82) is 0 Å². The maximum absolute atomic E-state index is 13.1. The lowest BCUT2D eigenvalue weighted by atomic mass is 9.85. The topological polar surface area (TPSA) is 58.6 Å². The second-order valence-electron chi connectivity index (χ2n) is 9.38. The van der Waals surface area contributed by atoms with Gasteiger partial charge in [-0.15, -0.1) is 0 Å². The number of piperidine rings is 1.